The number of nitrogens with zero attached hydrogens (tertiary/aromatic N) is 2. The van der Waals surface area contributed by atoms with Crippen LogP contribution < -0.4 is 4.90 Å². The van der Waals surface area contributed by atoms with Crippen molar-refractivity contribution in [3.63, 3.8) is 0 Å². The molecule has 6 N–H and O–H groups in total. The van der Waals surface area contributed by atoms with Crippen LogP contribution in [0.2, 0.25) is 0 Å². The molecule has 4 aromatic carbocycles. The van der Waals surface area contributed by atoms with Crippen molar-refractivity contribution >= 4 is 91.0 Å². The molecule has 0 aliphatic carbocycles. The van der Waals surface area contributed by atoms with Crippen molar-refractivity contribution in [3.8, 4) is 0 Å². The van der Waals surface area contributed by atoms with Gasteiger partial charge in [0.2, 0.25) is 5.69 Å². The standard InChI is InChI=1S/C43H48N2O16S4/c1-42(2)36(44(20-9-5-7-14-38(46)47)32-18-16-28-30(40(32)42)22-26(62(50,51)52)24-34(28)64(56,57)58)12-11-13-37-43(3,4)41-31-23-27(63(53,54)55)25-35(65(59,60)61)29(31)17-19-33(41)45(37)21-10-6-8-15-39(48)49/h11-13,16-19,22-25H,5-10,14-15,20-21H2,1-4H3,(H5-,46,47,48,49,50,51,52,53,54,55,56,57,58,59,60,61)/p+1. The molecule has 0 atom stereocenters. The second-order valence-electron chi connectivity index (χ2n) is 17.1. The lowest BCUT2D eigenvalue weighted by atomic mass is 9.78. The van der Waals surface area contributed by atoms with Gasteiger partial charge in [0, 0.05) is 71.1 Å². The normalized spacial score (nSPS) is 16.9. The number of hydrogen-bond acceptors (Lipinski definition) is 11. The Kier molecular flexibility index (Phi) is 13.4. The first-order chi connectivity index (χ1) is 30.0. The number of aliphatic carboxylic acids is 2. The third-order valence-corrected chi connectivity index (χ3v) is 15.4. The Morgan fingerprint density at radius 3 is 1.58 bits per heavy atom. The van der Waals surface area contributed by atoms with Gasteiger partial charge in [0.1, 0.15) is 16.3 Å². The van der Waals surface area contributed by atoms with Gasteiger partial charge < -0.3 is 15.1 Å². The minimum Gasteiger partial charge on any atom is -0.481 e. The van der Waals surface area contributed by atoms with Gasteiger partial charge in [-0.15, -0.1) is 0 Å². The monoisotopic (exact) mass is 977 g/mol. The number of allylic oxidation sites excluding steroid dienone is 4. The topological polar surface area (TPSA) is 298 Å². The second kappa shape index (κ2) is 17.6. The van der Waals surface area contributed by atoms with E-state index in [1.54, 1.807) is 30.4 Å². The number of carboxylic acids is 2. The van der Waals surface area contributed by atoms with E-state index in [0.29, 0.717) is 97.7 Å². The van der Waals surface area contributed by atoms with E-state index in [2.05, 4.69) is 0 Å². The summed E-state index contributed by atoms with van der Waals surface area (Å²) in [4.78, 5) is 21.4. The molecule has 0 radical (unpaired) electrons. The summed E-state index contributed by atoms with van der Waals surface area (Å²) in [6, 6.07) is 9.73. The molecule has 6 rings (SSSR count). The molecule has 350 valence electrons. The van der Waals surface area contributed by atoms with Crippen LogP contribution in [0, 0.1) is 0 Å². The van der Waals surface area contributed by atoms with E-state index in [4.69, 9.17) is 0 Å². The number of anilines is 1. The fourth-order valence-electron chi connectivity index (χ4n) is 9.16. The van der Waals surface area contributed by atoms with E-state index in [9.17, 15) is 71.7 Å². The minimum atomic E-state index is -5.01. The predicted molar refractivity (Wildman–Crippen MR) is 240 cm³/mol. The first-order valence-corrected chi connectivity index (χ1v) is 26.1. The Labute approximate surface area is 376 Å². The van der Waals surface area contributed by atoms with Crippen LogP contribution in [0.5, 0.6) is 0 Å². The van der Waals surface area contributed by atoms with E-state index >= 15 is 0 Å². The van der Waals surface area contributed by atoms with Crippen LogP contribution >= 0.6 is 0 Å². The number of rotatable bonds is 18. The zero-order chi connectivity index (χ0) is 48.2. The number of unbranched alkanes of at least 4 members (excludes halogenated alkanes) is 4. The molecule has 2 aliphatic rings. The molecule has 0 aromatic heterocycles. The van der Waals surface area contributed by atoms with E-state index < -0.39 is 82.8 Å². The van der Waals surface area contributed by atoms with Gasteiger partial charge in [-0.25, -0.2) is 0 Å². The molecule has 0 bridgehead atoms. The summed E-state index contributed by atoms with van der Waals surface area (Å²) in [5.41, 5.74) is 1.23. The molecule has 0 saturated heterocycles. The highest BCUT2D eigenvalue weighted by Crippen LogP contribution is 2.52. The molecule has 4 aromatic rings. The van der Waals surface area contributed by atoms with Crippen LogP contribution in [-0.4, -0.2) is 97.4 Å². The van der Waals surface area contributed by atoms with Gasteiger partial charge in [0.05, 0.1) is 15.2 Å². The minimum absolute atomic E-state index is 0.00788. The van der Waals surface area contributed by atoms with Crippen LogP contribution in [0.25, 0.3) is 21.5 Å². The second-order valence-corrected chi connectivity index (χ2v) is 22.7. The number of hydrogen-bond donors (Lipinski definition) is 6. The SMILES string of the molecule is CC1(C)C(/C=C/C=C2/N(CCCCCC(=O)O)c3ccc4c(S(=O)(=O)O)cc(S(=O)(=O)O)cc4c3C2(C)C)=[N+](CCCCCC(=O)O)c2ccc3c(S(=O)(=O)O)cc(S(=O)(=O)O)cc3c21. The summed E-state index contributed by atoms with van der Waals surface area (Å²) in [6.45, 7) is 7.94. The zero-order valence-electron chi connectivity index (χ0n) is 35.7. The number of carboxylic acid groups (broad SMARTS) is 2. The van der Waals surface area contributed by atoms with Crippen LogP contribution in [0.4, 0.5) is 11.4 Å². The molecular weight excluding hydrogens is 929 g/mol. The molecule has 0 unspecified atom stereocenters. The van der Waals surface area contributed by atoms with Crippen LogP contribution in [0.15, 0.2) is 92.0 Å². The predicted octanol–water partition coefficient (Wildman–Crippen LogP) is 6.88. The van der Waals surface area contributed by atoms with Gasteiger partial charge in [0.25, 0.3) is 40.5 Å². The lowest BCUT2D eigenvalue weighted by Crippen LogP contribution is -2.28. The van der Waals surface area contributed by atoms with Gasteiger partial charge in [0.15, 0.2) is 5.71 Å². The van der Waals surface area contributed by atoms with Gasteiger partial charge in [-0.2, -0.15) is 38.2 Å². The largest absolute Gasteiger partial charge is 0.481 e. The fourth-order valence-corrected chi connectivity index (χ4v) is 11.8. The highest BCUT2D eigenvalue weighted by Gasteiger charge is 2.47. The molecule has 22 heteroatoms. The summed E-state index contributed by atoms with van der Waals surface area (Å²) in [7, 11) is -20.0. The fraction of sp³-hybridized carbons (Fsp3) is 0.372. The van der Waals surface area contributed by atoms with Gasteiger partial charge in [-0.05, 0) is 98.3 Å². The average molecular weight is 978 g/mol. The molecule has 0 fully saturated rings. The van der Waals surface area contributed by atoms with E-state index in [1.807, 2.05) is 37.2 Å². The Hall–Kier alpha value is -5.07. The lowest BCUT2D eigenvalue weighted by Gasteiger charge is -2.27. The van der Waals surface area contributed by atoms with Crippen molar-refractivity contribution < 1.29 is 76.3 Å². The number of carbonyl (C=O) groups is 2. The van der Waals surface area contributed by atoms with Crippen LogP contribution in [-0.2, 0) is 60.9 Å². The summed E-state index contributed by atoms with van der Waals surface area (Å²) < 4.78 is 143. The lowest BCUT2D eigenvalue weighted by molar-refractivity contribution is -0.438. The molecule has 2 aliphatic heterocycles. The number of benzene rings is 4. The molecule has 65 heavy (non-hydrogen) atoms. The van der Waals surface area contributed by atoms with Crippen molar-refractivity contribution in [1.82, 2.24) is 0 Å². The Morgan fingerprint density at radius 2 is 1.09 bits per heavy atom. The third-order valence-electron chi connectivity index (χ3n) is 12.0. The zero-order valence-corrected chi connectivity index (χ0v) is 39.0. The Balaban J connectivity index is 1.55. The Morgan fingerprint density at radius 1 is 0.600 bits per heavy atom. The smallest absolute Gasteiger partial charge is 0.303 e. The van der Waals surface area contributed by atoms with E-state index in [1.165, 1.54) is 12.1 Å². The first-order valence-electron chi connectivity index (χ1n) is 20.3. The van der Waals surface area contributed by atoms with Crippen molar-refractivity contribution in [1.29, 1.82) is 0 Å². The van der Waals surface area contributed by atoms with Gasteiger partial charge >= 0.3 is 11.9 Å². The quantitative estimate of drug-likeness (QED) is 0.0336. The third kappa shape index (κ3) is 9.90. The van der Waals surface area contributed by atoms with Gasteiger partial charge in [-0.1, -0.05) is 32.4 Å². The molecule has 0 saturated carbocycles. The molecule has 18 nitrogen and oxygen atoms in total. The average Bonchev–Trinajstić information content (AvgIpc) is 3.53. The highest BCUT2D eigenvalue weighted by atomic mass is 32.2. The van der Waals surface area contributed by atoms with Crippen molar-refractivity contribution in [2.24, 2.45) is 0 Å². The summed E-state index contributed by atoms with van der Waals surface area (Å²) >= 11 is 0. The first kappa shape index (κ1) is 49.4. The van der Waals surface area contributed by atoms with Crippen LogP contribution in [0.1, 0.15) is 90.2 Å². The maximum Gasteiger partial charge on any atom is 0.303 e. The Bertz CT molecular complexity index is 3220. The van der Waals surface area contributed by atoms with Crippen molar-refractivity contribution in [2.45, 2.75) is 109 Å². The van der Waals surface area contributed by atoms with Crippen molar-refractivity contribution in [2.75, 3.05) is 18.0 Å². The summed E-state index contributed by atoms with van der Waals surface area (Å²) in [6.07, 6.45) is 8.05. The summed E-state index contributed by atoms with van der Waals surface area (Å²) in [5, 5.41) is 18.7. The van der Waals surface area contributed by atoms with Gasteiger partial charge in [-0.3, -0.25) is 27.8 Å². The molecular formula is C43H49N2O16S4+. The van der Waals surface area contributed by atoms with E-state index in [-0.39, 0.29) is 34.4 Å². The van der Waals surface area contributed by atoms with Crippen LogP contribution in [0.3, 0.4) is 0 Å². The summed E-state index contributed by atoms with van der Waals surface area (Å²) in [5.74, 6) is -1.90. The molecule has 0 spiro atoms. The molecule has 0 amide bonds. The maximum atomic E-state index is 12.6. The van der Waals surface area contributed by atoms with E-state index in [0.717, 1.165) is 12.1 Å². The number of fused-ring (bicyclic) bond motifs is 6. The molecule has 2 heterocycles. The highest BCUT2D eigenvalue weighted by molar-refractivity contribution is 7.87. The maximum absolute atomic E-state index is 12.6. The van der Waals surface area contributed by atoms with Crippen molar-refractivity contribution in [3.05, 3.63) is 83.6 Å².